The Hall–Kier alpha value is -1.32. The monoisotopic (exact) mass is 477 g/mol. The van der Waals surface area contributed by atoms with Crippen molar-refractivity contribution in [1.82, 2.24) is 19.5 Å². The van der Waals surface area contributed by atoms with Crippen LogP contribution in [0.25, 0.3) is 11.2 Å². The summed E-state index contributed by atoms with van der Waals surface area (Å²) in [5.41, 5.74) is 4.85. The van der Waals surface area contributed by atoms with E-state index in [1.54, 1.807) is 0 Å². The number of imidazole rings is 1. The van der Waals surface area contributed by atoms with E-state index >= 15 is 0 Å². The zero-order valence-electron chi connectivity index (χ0n) is 10.4. The third-order valence-corrected chi connectivity index (χ3v) is 3.20. The predicted molar refractivity (Wildman–Crippen MR) is 64.5 cm³/mol. The summed E-state index contributed by atoms with van der Waals surface area (Å²) in [5, 5.41) is 28.7. The van der Waals surface area contributed by atoms with Gasteiger partial charge in [0.1, 0.15) is 30.1 Å². The average molecular weight is 477 g/mol. The molecule has 4 atom stereocenters. The van der Waals surface area contributed by atoms with Gasteiger partial charge < -0.3 is 35.3 Å². The van der Waals surface area contributed by atoms with Crippen LogP contribution >= 0.6 is 0 Å². The second kappa shape index (κ2) is 5.82. The molecule has 1 fully saturated rings. The standard InChI is InChI=1S/C10H13N5O5.Pt/c11-10-13-7-4(8(19)14-10)12-2-15(7)9-6(18)5(17)3(1-16)20-9;/h2-3,5-6,9,16-18H,1H2,(H3,11,13,14,19);/p-1/t3-,5-,6-,9-;/m1./s1. The second-order valence-electron chi connectivity index (χ2n) is 4.44. The summed E-state index contributed by atoms with van der Waals surface area (Å²) in [5.74, 6) is -0.226. The van der Waals surface area contributed by atoms with Gasteiger partial charge in [-0.05, 0) is 0 Å². The molecule has 0 radical (unpaired) electrons. The Labute approximate surface area is 131 Å². The van der Waals surface area contributed by atoms with Crippen molar-refractivity contribution < 1.29 is 41.1 Å². The maximum Gasteiger partial charge on any atom is 0.248 e. The van der Waals surface area contributed by atoms with E-state index in [4.69, 9.17) is 15.6 Å². The van der Waals surface area contributed by atoms with Crippen molar-refractivity contribution in [2.75, 3.05) is 12.3 Å². The van der Waals surface area contributed by atoms with Gasteiger partial charge in [-0.25, -0.2) is 4.98 Å². The SMILES string of the molecule is Nc1nc(=O)c2ncn([C@@H]3O[C@H](CO)[C@@H](O)[C@H]3O)c2[n-]1.[Pt]. The van der Waals surface area contributed by atoms with Crippen molar-refractivity contribution in [3.05, 3.63) is 16.7 Å². The summed E-state index contributed by atoms with van der Waals surface area (Å²) in [7, 11) is 0. The number of rotatable bonds is 2. The van der Waals surface area contributed by atoms with Crippen molar-refractivity contribution in [1.29, 1.82) is 0 Å². The van der Waals surface area contributed by atoms with Gasteiger partial charge in [0.15, 0.2) is 0 Å². The first kappa shape index (κ1) is 16.1. The molecule has 0 aliphatic carbocycles. The number of aliphatic hydroxyl groups excluding tert-OH is 3. The largest absolute Gasteiger partial charge is 0.432 e. The molecule has 1 saturated heterocycles. The molecule has 0 spiro atoms. The summed E-state index contributed by atoms with van der Waals surface area (Å²) in [6.45, 7) is -0.453. The molecule has 5 N–H and O–H groups in total. The summed E-state index contributed by atoms with van der Waals surface area (Å²) in [4.78, 5) is 22.8. The molecule has 0 bridgehead atoms. The van der Waals surface area contributed by atoms with E-state index in [1.165, 1.54) is 10.9 Å². The number of hydrogen-bond acceptors (Lipinski definition) is 8. The third kappa shape index (κ3) is 2.49. The van der Waals surface area contributed by atoms with E-state index in [1.807, 2.05) is 0 Å². The first-order valence-corrected chi connectivity index (χ1v) is 5.82. The molecule has 10 nitrogen and oxygen atoms in total. The molecule has 3 heterocycles. The number of nitrogens with two attached hydrogens (primary N) is 1. The summed E-state index contributed by atoms with van der Waals surface area (Å²) in [6, 6.07) is 0. The number of anilines is 1. The fourth-order valence-corrected chi connectivity index (χ4v) is 2.20. The van der Waals surface area contributed by atoms with Crippen LogP contribution in [0, 0.1) is 0 Å². The Balaban J connectivity index is 0.00000161. The van der Waals surface area contributed by atoms with Crippen LogP contribution in [0.3, 0.4) is 0 Å². The number of ether oxygens (including phenoxy) is 1. The number of nitrogens with zero attached hydrogens (tertiary/aromatic N) is 4. The van der Waals surface area contributed by atoms with E-state index in [-0.39, 0.29) is 38.2 Å². The first-order valence-electron chi connectivity index (χ1n) is 5.82. The van der Waals surface area contributed by atoms with Gasteiger partial charge >= 0.3 is 0 Å². The minimum absolute atomic E-state index is 0. The predicted octanol–water partition coefficient (Wildman–Crippen LogP) is -3.06. The van der Waals surface area contributed by atoms with E-state index in [0.29, 0.717) is 0 Å². The van der Waals surface area contributed by atoms with Gasteiger partial charge in [-0.2, -0.15) is 0 Å². The molecule has 0 unspecified atom stereocenters. The quantitative estimate of drug-likeness (QED) is 0.353. The molecule has 1 aliphatic rings. The summed E-state index contributed by atoms with van der Waals surface area (Å²) in [6.07, 6.45) is -3.27. The van der Waals surface area contributed by atoms with Crippen LogP contribution in [-0.4, -0.2) is 54.8 Å². The third-order valence-electron chi connectivity index (χ3n) is 3.20. The van der Waals surface area contributed by atoms with E-state index in [2.05, 4.69) is 15.0 Å². The van der Waals surface area contributed by atoms with Crippen molar-refractivity contribution in [3.63, 3.8) is 0 Å². The summed E-state index contributed by atoms with van der Waals surface area (Å²) < 4.78 is 6.61. The zero-order valence-corrected chi connectivity index (χ0v) is 12.7. The molecule has 0 saturated carbocycles. The number of aliphatic hydroxyl groups is 3. The molecule has 11 heteroatoms. The van der Waals surface area contributed by atoms with Gasteiger partial charge in [-0.3, -0.25) is 9.78 Å². The van der Waals surface area contributed by atoms with E-state index in [0.717, 1.165) is 0 Å². The Morgan fingerprint density at radius 1 is 1.43 bits per heavy atom. The fraction of sp³-hybridized carbons (Fsp3) is 0.500. The number of fused-ring (bicyclic) bond motifs is 1. The van der Waals surface area contributed by atoms with Crippen molar-refractivity contribution in [3.8, 4) is 0 Å². The zero-order chi connectivity index (χ0) is 14.4. The molecule has 21 heavy (non-hydrogen) atoms. The van der Waals surface area contributed by atoms with Crippen LogP contribution in [0.5, 0.6) is 0 Å². The first-order chi connectivity index (χ1) is 9.52. The number of aromatic nitrogens is 4. The normalized spacial score (nSPS) is 28.7. The molecule has 0 aromatic carbocycles. The van der Waals surface area contributed by atoms with E-state index in [9.17, 15) is 15.0 Å². The minimum atomic E-state index is -1.30. The number of nitrogen functional groups attached to an aromatic ring is 1. The fourth-order valence-electron chi connectivity index (χ4n) is 2.20. The summed E-state index contributed by atoms with van der Waals surface area (Å²) >= 11 is 0. The van der Waals surface area contributed by atoms with E-state index < -0.39 is 36.7 Å². The molecule has 118 valence electrons. The van der Waals surface area contributed by atoms with Crippen LogP contribution < -0.4 is 16.3 Å². The van der Waals surface area contributed by atoms with Gasteiger partial charge in [-0.1, -0.05) is 0 Å². The van der Waals surface area contributed by atoms with Crippen LogP contribution in [0.2, 0.25) is 0 Å². The van der Waals surface area contributed by atoms with Gasteiger partial charge in [-0.15, -0.1) is 0 Å². The molecule has 0 amide bonds. The maximum absolute atomic E-state index is 11.6. The Morgan fingerprint density at radius 3 is 2.76 bits per heavy atom. The van der Waals surface area contributed by atoms with Crippen LogP contribution in [0.4, 0.5) is 5.95 Å². The number of hydrogen-bond donors (Lipinski definition) is 4. The van der Waals surface area contributed by atoms with Gasteiger partial charge in [0.25, 0.3) is 0 Å². The minimum Gasteiger partial charge on any atom is -0.432 e. The van der Waals surface area contributed by atoms with Crippen molar-refractivity contribution in [2.45, 2.75) is 24.5 Å². The molecule has 2 aromatic rings. The van der Waals surface area contributed by atoms with Crippen LogP contribution in [0.15, 0.2) is 11.1 Å². The molecular weight excluding hydrogens is 465 g/mol. The second-order valence-corrected chi connectivity index (χ2v) is 4.44. The molecule has 3 rings (SSSR count). The smallest absolute Gasteiger partial charge is 0.248 e. The molecule has 2 aromatic heterocycles. The van der Waals surface area contributed by atoms with Crippen LogP contribution in [0.1, 0.15) is 6.23 Å². The van der Waals surface area contributed by atoms with Gasteiger partial charge in [0.05, 0.1) is 24.5 Å². The maximum atomic E-state index is 11.6. The van der Waals surface area contributed by atoms with Gasteiger partial charge in [0, 0.05) is 21.1 Å². The average Bonchev–Trinajstić information content (AvgIpc) is 2.93. The molecular formula is C10H12N5O5Pt-. The van der Waals surface area contributed by atoms with Crippen molar-refractivity contribution in [2.24, 2.45) is 0 Å². The topological polar surface area (TPSA) is 158 Å². The Bertz CT molecular complexity index is 703. The van der Waals surface area contributed by atoms with Crippen molar-refractivity contribution >= 4 is 17.1 Å². The van der Waals surface area contributed by atoms with Gasteiger partial charge in [0.2, 0.25) is 5.56 Å². The Morgan fingerprint density at radius 2 is 2.14 bits per heavy atom. The Kier molecular flexibility index (Phi) is 4.45. The van der Waals surface area contributed by atoms with Crippen LogP contribution in [-0.2, 0) is 25.8 Å². The molecule has 1 aliphatic heterocycles.